The second kappa shape index (κ2) is 6.39. The lowest BCUT2D eigenvalue weighted by Crippen LogP contribution is -2.32. The number of carbonyl (C=O) groups is 1. The average molecular weight is 236 g/mol. The number of aryl methyl sites for hydroxylation is 1. The minimum absolute atomic E-state index is 0.184. The first kappa shape index (κ1) is 12.1. The summed E-state index contributed by atoms with van der Waals surface area (Å²) in [7, 11) is 0. The van der Waals surface area contributed by atoms with Gasteiger partial charge in [0.2, 0.25) is 5.91 Å². The number of unbranched alkanes of at least 4 members (excludes halogenated alkanes) is 1. The number of rotatable bonds is 6. The Morgan fingerprint density at radius 1 is 1.53 bits per heavy atom. The third kappa shape index (κ3) is 3.85. The maximum Gasteiger partial charge on any atom is 0.224 e. The Morgan fingerprint density at radius 3 is 3.18 bits per heavy atom. The molecule has 1 atom stereocenters. The monoisotopic (exact) mass is 236 g/mol. The standard InChI is InChI=1S/C12H20N4O/c17-12(11-3-5-13-9-11)15-4-1-2-7-16-8-6-14-10-16/h6,8,10-11,13H,1-5,7,9H2,(H,15,17). The van der Waals surface area contributed by atoms with Gasteiger partial charge in [-0.15, -0.1) is 0 Å². The van der Waals surface area contributed by atoms with Crippen molar-refractivity contribution in [2.75, 3.05) is 19.6 Å². The number of imidazole rings is 1. The van der Waals surface area contributed by atoms with Gasteiger partial charge in [0.1, 0.15) is 0 Å². The zero-order valence-electron chi connectivity index (χ0n) is 10.1. The van der Waals surface area contributed by atoms with Crippen LogP contribution in [0.5, 0.6) is 0 Å². The van der Waals surface area contributed by atoms with Crippen LogP contribution >= 0.6 is 0 Å². The molecule has 1 aliphatic heterocycles. The van der Waals surface area contributed by atoms with Gasteiger partial charge in [-0.3, -0.25) is 4.79 Å². The van der Waals surface area contributed by atoms with E-state index in [0.29, 0.717) is 0 Å². The molecule has 2 rings (SSSR count). The van der Waals surface area contributed by atoms with Gasteiger partial charge in [0.05, 0.1) is 12.2 Å². The van der Waals surface area contributed by atoms with Crippen molar-refractivity contribution in [2.24, 2.45) is 5.92 Å². The summed E-state index contributed by atoms with van der Waals surface area (Å²) < 4.78 is 2.06. The van der Waals surface area contributed by atoms with Crippen LogP contribution in [-0.4, -0.2) is 35.1 Å². The van der Waals surface area contributed by atoms with Crippen LogP contribution in [0.3, 0.4) is 0 Å². The Labute approximate surface area is 102 Å². The third-order valence-electron chi connectivity index (χ3n) is 3.13. The Bertz CT molecular complexity index is 330. The molecule has 1 unspecified atom stereocenters. The Morgan fingerprint density at radius 2 is 2.47 bits per heavy atom. The number of carbonyl (C=O) groups excluding carboxylic acids is 1. The fourth-order valence-corrected chi connectivity index (χ4v) is 2.07. The van der Waals surface area contributed by atoms with Crippen molar-refractivity contribution < 1.29 is 4.79 Å². The zero-order chi connectivity index (χ0) is 11.9. The normalized spacial score (nSPS) is 19.4. The molecule has 1 aromatic rings. The van der Waals surface area contributed by atoms with Crippen LogP contribution in [0, 0.1) is 5.92 Å². The van der Waals surface area contributed by atoms with Gasteiger partial charge in [0.25, 0.3) is 0 Å². The molecule has 0 saturated carbocycles. The maximum atomic E-state index is 11.7. The van der Waals surface area contributed by atoms with E-state index >= 15 is 0 Å². The number of nitrogens with zero attached hydrogens (tertiary/aromatic N) is 2. The molecular formula is C12H20N4O. The number of amides is 1. The van der Waals surface area contributed by atoms with Crippen molar-refractivity contribution in [1.29, 1.82) is 0 Å². The molecule has 1 saturated heterocycles. The van der Waals surface area contributed by atoms with Crippen molar-refractivity contribution in [3.05, 3.63) is 18.7 Å². The van der Waals surface area contributed by atoms with Crippen molar-refractivity contribution in [3.63, 3.8) is 0 Å². The summed E-state index contributed by atoms with van der Waals surface area (Å²) in [6.45, 7) is 3.56. The zero-order valence-corrected chi connectivity index (χ0v) is 10.1. The highest BCUT2D eigenvalue weighted by Gasteiger charge is 2.21. The molecule has 94 valence electrons. The van der Waals surface area contributed by atoms with E-state index in [4.69, 9.17) is 0 Å². The first-order chi connectivity index (χ1) is 8.36. The van der Waals surface area contributed by atoms with Crippen molar-refractivity contribution >= 4 is 5.91 Å². The summed E-state index contributed by atoms with van der Waals surface area (Å²) in [5, 5.41) is 6.20. The summed E-state index contributed by atoms with van der Waals surface area (Å²) >= 11 is 0. The fourth-order valence-electron chi connectivity index (χ4n) is 2.07. The summed E-state index contributed by atoms with van der Waals surface area (Å²) in [6.07, 6.45) is 8.63. The Hall–Kier alpha value is -1.36. The predicted molar refractivity (Wildman–Crippen MR) is 65.4 cm³/mol. The third-order valence-corrected chi connectivity index (χ3v) is 3.13. The van der Waals surface area contributed by atoms with Crippen molar-refractivity contribution in [3.8, 4) is 0 Å². The van der Waals surface area contributed by atoms with Crippen LogP contribution in [0.1, 0.15) is 19.3 Å². The van der Waals surface area contributed by atoms with Gasteiger partial charge in [-0.25, -0.2) is 4.98 Å². The second-order valence-electron chi connectivity index (χ2n) is 4.49. The van der Waals surface area contributed by atoms with E-state index in [9.17, 15) is 4.79 Å². The number of hydrogen-bond donors (Lipinski definition) is 2. The second-order valence-corrected chi connectivity index (χ2v) is 4.49. The molecule has 1 amide bonds. The molecular weight excluding hydrogens is 216 g/mol. The van der Waals surface area contributed by atoms with E-state index in [0.717, 1.165) is 45.4 Å². The van der Waals surface area contributed by atoms with E-state index < -0.39 is 0 Å². The van der Waals surface area contributed by atoms with E-state index in [-0.39, 0.29) is 11.8 Å². The predicted octanol–water partition coefficient (Wildman–Crippen LogP) is 0.389. The Balaban J connectivity index is 1.52. The van der Waals surface area contributed by atoms with Gasteiger partial charge >= 0.3 is 0 Å². The molecule has 0 bridgehead atoms. The van der Waals surface area contributed by atoms with Crippen LogP contribution in [-0.2, 0) is 11.3 Å². The van der Waals surface area contributed by atoms with E-state index in [1.807, 2.05) is 12.5 Å². The molecule has 0 aromatic carbocycles. The lowest BCUT2D eigenvalue weighted by Gasteiger charge is -2.09. The van der Waals surface area contributed by atoms with Gasteiger partial charge < -0.3 is 15.2 Å². The highest BCUT2D eigenvalue weighted by molar-refractivity contribution is 5.79. The fraction of sp³-hybridized carbons (Fsp3) is 0.667. The molecule has 2 heterocycles. The minimum atomic E-state index is 0.184. The van der Waals surface area contributed by atoms with Gasteiger partial charge in [0, 0.05) is 32.0 Å². The first-order valence-electron chi connectivity index (χ1n) is 6.30. The average Bonchev–Trinajstić information content (AvgIpc) is 3.01. The summed E-state index contributed by atoms with van der Waals surface area (Å²) in [6, 6.07) is 0. The van der Waals surface area contributed by atoms with Gasteiger partial charge in [-0.05, 0) is 25.8 Å². The smallest absolute Gasteiger partial charge is 0.224 e. The Kier molecular flexibility index (Phi) is 4.55. The van der Waals surface area contributed by atoms with Crippen LogP contribution in [0.2, 0.25) is 0 Å². The molecule has 17 heavy (non-hydrogen) atoms. The molecule has 0 spiro atoms. The van der Waals surface area contributed by atoms with Gasteiger partial charge in [-0.2, -0.15) is 0 Å². The molecule has 2 N–H and O–H groups in total. The van der Waals surface area contributed by atoms with E-state index in [2.05, 4.69) is 20.2 Å². The molecule has 0 aliphatic carbocycles. The lowest BCUT2D eigenvalue weighted by molar-refractivity contribution is -0.124. The van der Waals surface area contributed by atoms with E-state index in [1.54, 1.807) is 6.20 Å². The molecule has 1 aliphatic rings. The number of hydrogen-bond acceptors (Lipinski definition) is 3. The SMILES string of the molecule is O=C(NCCCCn1ccnc1)C1CCNC1. The topological polar surface area (TPSA) is 59.0 Å². The summed E-state index contributed by atoms with van der Waals surface area (Å²) in [5.74, 6) is 0.390. The number of nitrogens with one attached hydrogen (secondary N) is 2. The molecule has 5 nitrogen and oxygen atoms in total. The minimum Gasteiger partial charge on any atom is -0.356 e. The van der Waals surface area contributed by atoms with Crippen molar-refractivity contribution in [2.45, 2.75) is 25.8 Å². The quantitative estimate of drug-likeness (QED) is 0.702. The highest BCUT2D eigenvalue weighted by Crippen LogP contribution is 2.06. The van der Waals surface area contributed by atoms with Crippen LogP contribution in [0.25, 0.3) is 0 Å². The van der Waals surface area contributed by atoms with Crippen LogP contribution < -0.4 is 10.6 Å². The van der Waals surface area contributed by atoms with E-state index in [1.165, 1.54) is 0 Å². The van der Waals surface area contributed by atoms with Crippen LogP contribution in [0.15, 0.2) is 18.7 Å². The molecule has 5 heteroatoms. The van der Waals surface area contributed by atoms with Crippen molar-refractivity contribution in [1.82, 2.24) is 20.2 Å². The highest BCUT2D eigenvalue weighted by atomic mass is 16.1. The summed E-state index contributed by atoms with van der Waals surface area (Å²) in [4.78, 5) is 15.7. The molecule has 1 aromatic heterocycles. The number of aromatic nitrogens is 2. The van der Waals surface area contributed by atoms with Gasteiger partial charge in [-0.1, -0.05) is 0 Å². The molecule has 0 radical (unpaired) electrons. The summed E-state index contributed by atoms with van der Waals surface area (Å²) in [5.41, 5.74) is 0. The molecule has 1 fully saturated rings. The van der Waals surface area contributed by atoms with Gasteiger partial charge in [0.15, 0.2) is 0 Å². The lowest BCUT2D eigenvalue weighted by atomic mass is 10.1. The van der Waals surface area contributed by atoms with Crippen LogP contribution in [0.4, 0.5) is 0 Å². The first-order valence-corrected chi connectivity index (χ1v) is 6.30. The largest absolute Gasteiger partial charge is 0.356 e. The maximum absolute atomic E-state index is 11.7.